The van der Waals surface area contributed by atoms with Gasteiger partial charge in [0.15, 0.2) is 0 Å². The molecule has 2 atom stereocenters. The monoisotopic (exact) mass is 657 g/mol. The molecule has 7 rings (SSSR count). The van der Waals surface area contributed by atoms with Crippen LogP contribution in [0.2, 0.25) is 0 Å². The maximum absolute atomic E-state index is 12.7. The minimum absolute atomic E-state index is 0.166. The molecule has 49 heavy (non-hydrogen) atoms. The predicted molar refractivity (Wildman–Crippen MR) is 193 cm³/mol. The van der Waals surface area contributed by atoms with Crippen LogP contribution in [0, 0.1) is 35.5 Å². The Morgan fingerprint density at radius 3 is 2.61 bits per heavy atom. The summed E-state index contributed by atoms with van der Waals surface area (Å²) in [7, 11) is 0. The fourth-order valence-corrected chi connectivity index (χ4v) is 8.78. The second kappa shape index (κ2) is 14.5. The maximum Gasteiger partial charge on any atom is 0.246 e. The van der Waals surface area contributed by atoms with Crippen molar-refractivity contribution in [3.63, 3.8) is 0 Å². The molecule has 0 N–H and O–H groups in total. The zero-order chi connectivity index (χ0) is 33.9. The number of aromatic nitrogens is 1. The first-order chi connectivity index (χ1) is 24.0. The molecule has 9 heteroatoms. The van der Waals surface area contributed by atoms with Gasteiger partial charge in [-0.25, -0.2) is 4.98 Å². The SMILES string of the molecule is C=CC(=O)N1CCN(c2c(C#N)c(OCC3CCN(C4CCCCC4)C3)nc3c2CCN(c2cccc4cccc(C)c24)C3)C[C@@H]1CC#N. The number of benzene rings is 2. The van der Waals surface area contributed by atoms with Gasteiger partial charge in [-0.3, -0.25) is 9.69 Å². The number of nitrogens with zero attached hydrogens (tertiary/aromatic N) is 7. The van der Waals surface area contributed by atoms with Crippen LogP contribution in [0.1, 0.15) is 67.3 Å². The van der Waals surface area contributed by atoms with E-state index in [1.54, 1.807) is 4.90 Å². The Balaban J connectivity index is 1.22. The molecule has 0 radical (unpaired) electrons. The van der Waals surface area contributed by atoms with E-state index in [2.05, 4.69) is 76.7 Å². The van der Waals surface area contributed by atoms with E-state index in [0.29, 0.717) is 56.2 Å². The highest BCUT2D eigenvalue weighted by atomic mass is 16.5. The minimum Gasteiger partial charge on any atom is -0.476 e. The van der Waals surface area contributed by atoms with Crippen molar-refractivity contribution in [1.82, 2.24) is 14.8 Å². The smallest absolute Gasteiger partial charge is 0.246 e. The van der Waals surface area contributed by atoms with E-state index < -0.39 is 0 Å². The molecule has 1 amide bonds. The third-order valence-corrected chi connectivity index (χ3v) is 11.3. The molecule has 1 aliphatic carbocycles. The molecular weight excluding hydrogens is 610 g/mol. The van der Waals surface area contributed by atoms with Gasteiger partial charge in [-0.05, 0) is 62.2 Å². The number of fused-ring (bicyclic) bond motifs is 2. The molecular formula is C40H47N7O2. The van der Waals surface area contributed by atoms with E-state index in [0.717, 1.165) is 49.4 Å². The fraction of sp³-hybridized carbons (Fsp3) is 0.500. The summed E-state index contributed by atoms with van der Waals surface area (Å²) >= 11 is 0. The number of ether oxygens (including phenoxy) is 1. The van der Waals surface area contributed by atoms with Crippen LogP contribution < -0.4 is 14.5 Å². The van der Waals surface area contributed by atoms with Gasteiger partial charge < -0.3 is 19.4 Å². The number of carbonyl (C=O) groups is 1. The van der Waals surface area contributed by atoms with Gasteiger partial charge in [0.1, 0.15) is 11.6 Å². The number of aryl methyl sites for hydroxylation is 1. The predicted octanol–water partition coefficient (Wildman–Crippen LogP) is 6.13. The van der Waals surface area contributed by atoms with Crippen LogP contribution in [-0.2, 0) is 17.8 Å². The van der Waals surface area contributed by atoms with Gasteiger partial charge in [0.25, 0.3) is 0 Å². The summed E-state index contributed by atoms with van der Waals surface area (Å²) in [5, 5.41) is 22.9. The van der Waals surface area contributed by atoms with Gasteiger partial charge in [0.2, 0.25) is 11.8 Å². The molecule has 1 aromatic heterocycles. The van der Waals surface area contributed by atoms with Gasteiger partial charge in [-0.2, -0.15) is 10.5 Å². The van der Waals surface area contributed by atoms with Crippen molar-refractivity contribution < 1.29 is 9.53 Å². The number of carbonyl (C=O) groups excluding carboxylic acids is 1. The summed E-state index contributed by atoms with van der Waals surface area (Å²) < 4.78 is 6.59. The number of piperazine rings is 1. The Labute approximate surface area is 290 Å². The molecule has 1 saturated carbocycles. The lowest BCUT2D eigenvalue weighted by atomic mass is 9.94. The van der Waals surface area contributed by atoms with Gasteiger partial charge >= 0.3 is 0 Å². The van der Waals surface area contributed by atoms with Gasteiger partial charge in [-0.15, -0.1) is 0 Å². The first kappa shape index (κ1) is 32.9. The van der Waals surface area contributed by atoms with Crippen molar-refractivity contribution in [3.05, 3.63) is 71.4 Å². The summed E-state index contributed by atoms with van der Waals surface area (Å²) in [6.07, 6.45) is 9.97. The van der Waals surface area contributed by atoms with Crippen molar-refractivity contribution in [2.24, 2.45) is 5.92 Å². The first-order valence-electron chi connectivity index (χ1n) is 18.1. The van der Waals surface area contributed by atoms with Crippen LogP contribution >= 0.6 is 0 Å². The molecule has 254 valence electrons. The molecule has 1 unspecified atom stereocenters. The number of anilines is 2. The molecule has 3 fully saturated rings. The Bertz CT molecular complexity index is 1800. The van der Waals surface area contributed by atoms with E-state index in [1.807, 2.05) is 0 Å². The van der Waals surface area contributed by atoms with Crippen LogP contribution in [0.15, 0.2) is 49.1 Å². The Hall–Kier alpha value is -4.60. The van der Waals surface area contributed by atoms with E-state index in [-0.39, 0.29) is 18.4 Å². The van der Waals surface area contributed by atoms with Crippen molar-refractivity contribution in [2.45, 2.75) is 76.9 Å². The van der Waals surface area contributed by atoms with E-state index in [9.17, 15) is 15.3 Å². The molecule has 3 aromatic rings. The summed E-state index contributed by atoms with van der Waals surface area (Å²) in [6.45, 7) is 11.4. The lowest BCUT2D eigenvalue weighted by Crippen LogP contribution is -2.55. The highest BCUT2D eigenvalue weighted by Crippen LogP contribution is 2.40. The summed E-state index contributed by atoms with van der Waals surface area (Å²) in [4.78, 5) is 26.9. The van der Waals surface area contributed by atoms with Crippen molar-refractivity contribution >= 4 is 28.1 Å². The number of hydrogen-bond donors (Lipinski definition) is 0. The Morgan fingerprint density at radius 2 is 1.84 bits per heavy atom. The van der Waals surface area contributed by atoms with Crippen LogP contribution in [0.5, 0.6) is 5.88 Å². The topological polar surface area (TPSA) is 99.7 Å². The molecule has 2 aromatic carbocycles. The third-order valence-electron chi connectivity index (χ3n) is 11.3. The van der Waals surface area contributed by atoms with Gasteiger partial charge in [-0.1, -0.05) is 56.2 Å². The molecule has 3 aliphatic heterocycles. The van der Waals surface area contributed by atoms with E-state index >= 15 is 0 Å². The zero-order valence-electron chi connectivity index (χ0n) is 28.7. The number of hydrogen-bond acceptors (Lipinski definition) is 8. The number of nitriles is 2. The zero-order valence-corrected chi connectivity index (χ0v) is 28.7. The fourth-order valence-electron chi connectivity index (χ4n) is 8.78. The molecule has 0 bridgehead atoms. The first-order valence-corrected chi connectivity index (χ1v) is 18.1. The largest absolute Gasteiger partial charge is 0.476 e. The van der Waals surface area contributed by atoms with Crippen LogP contribution in [0.4, 0.5) is 11.4 Å². The lowest BCUT2D eigenvalue weighted by molar-refractivity contribution is -0.128. The molecule has 0 spiro atoms. The normalized spacial score (nSPS) is 21.7. The lowest BCUT2D eigenvalue weighted by Gasteiger charge is -2.43. The Kier molecular flexibility index (Phi) is 9.73. The third kappa shape index (κ3) is 6.57. The standard InChI is InChI=1S/C40H47N7O2/c1-3-37(48)47-22-21-46(25-32(47)15-18-41)39-33-17-20-45(36-14-8-11-30-10-7-9-28(2)38(30)36)26-35(33)43-40(34(39)23-42)49-27-29-16-19-44(24-29)31-12-5-4-6-13-31/h3,7-11,14,29,31-32H,1,4-6,12-13,15-17,19-22,24-27H2,2H3/t29?,32-/m0/s1. The highest BCUT2D eigenvalue weighted by Gasteiger charge is 2.36. The second-order valence-electron chi connectivity index (χ2n) is 14.2. The van der Waals surface area contributed by atoms with Crippen molar-refractivity contribution in [3.8, 4) is 18.0 Å². The number of pyridine rings is 1. The highest BCUT2D eigenvalue weighted by molar-refractivity contribution is 5.97. The second-order valence-corrected chi connectivity index (χ2v) is 14.2. The molecule has 4 aliphatic rings. The van der Waals surface area contributed by atoms with Crippen LogP contribution in [-0.4, -0.2) is 78.7 Å². The number of amides is 1. The number of likely N-dealkylation sites (tertiary alicyclic amines) is 1. The van der Waals surface area contributed by atoms with Crippen molar-refractivity contribution in [1.29, 1.82) is 10.5 Å². The number of rotatable bonds is 8. The summed E-state index contributed by atoms with van der Waals surface area (Å²) in [6, 6.07) is 18.1. The van der Waals surface area contributed by atoms with E-state index in [4.69, 9.17) is 9.72 Å². The summed E-state index contributed by atoms with van der Waals surface area (Å²) in [5.74, 6) is 0.643. The van der Waals surface area contributed by atoms with Crippen LogP contribution in [0.25, 0.3) is 10.8 Å². The average Bonchev–Trinajstić information content (AvgIpc) is 3.62. The van der Waals surface area contributed by atoms with Crippen molar-refractivity contribution in [2.75, 3.05) is 55.7 Å². The molecule has 9 nitrogen and oxygen atoms in total. The van der Waals surface area contributed by atoms with Gasteiger partial charge in [0, 0.05) is 61.3 Å². The molecule has 4 heterocycles. The molecule has 2 saturated heterocycles. The van der Waals surface area contributed by atoms with E-state index in [1.165, 1.54) is 60.2 Å². The quantitative estimate of drug-likeness (QED) is 0.267. The van der Waals surface area contributed by atoms with Gasteiger partial charge in [0.05, 0.1) is 43.1 Å². The minimum atomic E-state index is -0.299. The average molecular weight is 658 g/mol. The Morgan fingerprint density at radius 1 is 1.02 bits per heavy atom. The maximum atomic E-state index is 12.7. The van der Waals surface area contributed by atoms with Crippen LogP contribution in [0.3, 0.4) is 0 Å². The summed E-state index contributed by atoms with van der Waals surface area (Å²) in [5.41, 5.74) is 5.76.